The number of hydrogen-bond acceptors (Lipinski definition) is 3. The van der Waals surface area contributed by atoms with E-state index in [1.54, 1.807) is 0 Å². The lowest BCUT2D eigenvalue weighted by Crippen LogP contribution is -2.10. The van der Waals surface area contributed by atoms with Gasteiger partial charge >= 0.3 is 12.1 Å². The Morgan fingerprint density at radius 3 is 2.62 bits per heavy atom. The molecule has 0 saturated heterocycles. The Labute approximate surface area is 127 Å². The molecule has 0 aliphatic heterocycles. The summed E-state index contributed by atoms with van der Waals surface area (Å²) >= 11 is 6.75. The topological polar surface area (TPSA) is 49.3 Å². The molecule has 0 fully saturated rings. The first-order valence-corrected chi connectivity index (χ1v) is 6.94. The van der Waals surface area contributed by atoms with Crippen LogP contribution >= 0.6 is 22.9 Å². The van der Waals surface area contributed by atoms with Crippen LogP contribution in [-0.4, -0.2) is 11.1 Å². The van der Waals surface area contributed by atoms with Crippen molar-refractivity contribution < 1.29 is 23.1 Å². The molecular weight excluding hydrogens is 327 g/mol. The minimum absolute atomic E-state index is 0.00263. The number of aromatic carboxylic acids is 1. The molecule has 0 atom stereocenters. The van der Waals surface area contributed by atoms with Crippen LogP contribution in [0.3, 0.4) is 0 Å². The van der Waals surface area contributed by atoms with Crippen molar-refractivity contribution in [2.75, 3.05) is 5.32 Å². The molecule has 1 aromatic heterocycles. The van der Waals surface area contributed by atoms with E-state index in [1.165, 1.54) is 23.6 Å². The maximum Gasteiger partial charge on any atom is 0.418 e. The first kappa shape index (κ1) is 15.7. The largest absolute Gasteiger partial charge is 0.478 e. The zero-order valence-electron chi connectivity index (χ0n) is 10.4. The Morgan fingerprint density at radius 1 is 1.33 bits per heavy atom. The van der Waals surface area contributed by atoms with Crippen LogP contribution in [0.5, 0.6) is 0 Å². The normalized spacial score (nSPS) is 11.4. The Hall–Kier alpha value is -1.73. The Morgan fingerprint density at radius 2 is 2.05 bits per heavy atom. The van der Waals surface area contributed by atoms with E-state index in [2.05, 4.69) is 5.32 Å². The molecule has 0 spiro atoms. The summed E-state index contributed by atoms with van der Waals surface area (Å²) in [5.74, 6) is -1.07. The third-order valence-electron chi connectivity index (χ3n) is 2.64. The fourth-order valence-electron chi connectivity index (χ4n) is 1.67. The highest BCUT2D eigenvalue weighted by molar-refractivity contribution is 7.10. The SMILES string of the molecule is O=C(O)c1csc(CNc2ccc(Cl)cc2C(F)(F)F)c1. The van der Waals surface area contributed by atoms with Gasteiger partial charge < -0.3 is 10.4 Å². The third kappa shape index (κ3) is 3.89. The lowest BCUT2D eigenvalue weighted by atomic mass is 10.1. The van der Waals surface area contributed by atoms with Crippen LogP contribution in [0.2, 0.25) is 5.02 Å². The summed E-state index contributed by atoms with van der Waals surface area (Å²) in [6.45, 7) is 0.0999. The van der Waals surface area contributed by atoms with Gasteiger partial charge in [-0.2, -0.15) is 13.2 Å². The first-order valence-electron chi connectivity index (χ1n) is 5.68. The van der Waals surface area contributed by atoms with E-state index in [-0.39, 0.29) is 22.8 Å². The number of nitrogens with one attached hydrogen (secondary N) is 1. The molecule has 0 amide bonds. The molecule has 1 aromatic carbocycles. The highest BCUT2D eigenvalue weighted by Crippen LogP contribution is 2.36. The molecule has 2 N–H and O–H groups in total. The minimum Gasteiger partial charge on any atom is -0.478 e. The van der Waals surface area contributed by atoms with Crippen LogP contribution in [-0.2, 0) is 12.7 Å². The van der Waals surface area contributed by atoms with Crippen molar-refractivity contribution in [1.82, 2.24) is 0 Å². The maximum absolute atomic E-state index is 12.9. The van der Waals surface area contributed by atoms with Crippen LogP contribution < -0.4 is 5.32 Å². The summed E-state index contributed by atoms with van der Waals surface area (Å²) < 4.78 is 38.7. The maximum atomic E-state index is 12.9. The summed E-state index contributed by atoms with van der Waals surface area (Å²) in [5.41, 5.74) is -0.842. The van der Waals surface area contributed by atoms with E-state index in [0.29, 0.717) is 4.88 Å². The van der Waals surface area contributed by atoms with Gasteiger partial charge in [-0.1, -0.05) is 11.6 Å². The number of carboxylic acids is 1. The van der Waals surface area contributed by atoms with E-state index < -0.39 is 17.7 Å². The van der Waals surface area contributed by atoms with Crippen molar-refractivity contribution in [2.45, 2.75) is 12.7 Å². The number of halogens is 4. The number of carbonyl (C=O) groups is 1. The molecule has 0 aliphatic carbocycles. The second kappa shape index (κ2) is 5.95. The number of carboxylic acid groups (broad SMARTS) is 1. The zero-order chi connectivity index (χ0) is 15.6. The molecule has 0 aliphatic rings. The lowest BCUT2D eigenvalue weighted by Gasteiger charge is -2.14. The smallest absolute Gasteiger partial charge is 0.418 e. The Bertz CT molecular complexity index is 670. The number of thiophene rings is 1. The molecule has 0 unspecified atom stereocenters. The Kier molecular flexibility index (Phi) is 4.43. The highest BCUT2D eigenvalue weighted by atomic mass is 35.5. The molecule has 3 nitrogen and oxygen atoms in total. The minimum atomic E-state index is -4.52. The van der Waals surface area contributed by atoms with Gasteiger partial charge in [0.2, 0.25) is 0 Å². The van der Waals surface area contributed by atoms with E-state index >= 15 is 0 Å². The van der Waals surface area contributed by atoms with Gasteiger partial charge in [-0.05, 0) is 24.3 Å². The van der Waals surface area contributed by atoms with Crippen molar-refractivity contribution in [2.24, 2.45) is 0 Å². The van der Waals surface area contributed by atoms with Crippen molar-refractivity contribution >= 4 is 34.6 Å². The highest BCUT2D eigenvalue weighted by Gasteiger charge is 2.33. The number of benzene rings is 1. The van der Waals surface area contributed by atoms with Gasteiger partial charge in [0.25, 0.3) is 0 Å². The molecule has 0 bridgehead atoms. The van der Waals surface area contributed by atoms with Crippen LogP contribution in [0.25, 0.3) is 0 Å². The monoisotopic (exact) mass is 335 g/mol. The second-order valence-corrected chi connectivity index (χ2v) is 5.58. The number of anilines is 1. The van der Waals surface area contributed by atoms with E-state index in [1.807, 2.05) is 0 Å². The fourth-order valence-corrected chi connectivity index (χ4v) is 2.64. The molecular formula is C13H9ClF3NO2S. The summed E-state index contributed by atoms with van der Waals surface area (Å²) in [6, 6.07) is 4.87. The van der Waals surface area contributed by atoms with Gasteiger partial charge in [-0.3, -0.25) is 0 Å². The molecule has 8 heteroatoms. The number of hydrogen-bond donors (Lipinski definition) is 2. The molecule has 112 valence electrons. The number of alkyl halides is 3. The third-order valence-corrected chi connectivity index (χ3v) is 3.81. The zero-order valence-corrected chi connectivity index (χ0v) is 11.9. The molecule has 21 heavy (non-hydrogen) atoms. The van der Waals surface area contributed by atoms with E-state index in [9.17, 15) is 18.0 Å². The molecule has 2 rings (SSSR count). The second-order valence-electron chi connectivity index (χ2n) is 4.15. The summed E-state index contributed by atoms with van der Waals surface area (Å²) in [5, 5.41) is 12.9. The summed E-state index contributed by atoms with van der Waals surface area (Å²) in [6.07, 6.45) is -4.52. The van der Waals surface area contributed by atoms with E-state index in [4.69, 9.17) is 16.7 Å². The van der Waals surface area contributed by atoms with Crippen molar-refractivity contribution in [3.05, 3.63) is 50.7 Å². The predicted molar refractivity (Wildman–Crippen MR) is 75.1 cm³/mol. The quantitative estimate of drug-likeness (QED) is 0.849. The lowest BCUT2D eigenvalue weighted by molar-refractivity contribution is -0.136. The van der Waals surface area contributed by atoms with Gasteiger partial charge in [0.1, 0.15) is 0 Å². The van der Waals surface area contributed by atoms with Crippen LogP contribution in [0.15, 0.2) is 29.6 Å². The molecule has 0 saturated carbocycles. The van der Waals surface area contributed by atoms with Crippen molar-refractivity contribution in [3.63, 3.8) is 0 Å². The average Bonchev–Trinajstić information content (AvgIpc) is 2.85. The van der Waals surface area contributed by atoms with Crippen molar-refractivity contribution in [1.29, 1.82) is 0 Å². The number of rotatable bonds is 4. The van der Waals surface area contributed by atoms with E-state index in [0.717, 1.165) is 17.4 Å². The van der Waals surface area contributed by atoms with Gasteiger partial charge in [-0.25, -0.2) is 4.79 Å². The molecule has 0 radical (unpaired) electrons. The van der Waals surface area contributed by atoms with Gasteiger partial charge in [-0.15, -0.1) is 11.3 Å². The van der Waals surface area contributed by atoms with Crippen LogP contribution in [0.4, 0.5) is 18.9 Å². The predicted octanol–water partition coefficient (Wildman–Crippen LogP) is 4.73. The van der Waals surface area contributed by atoms with Gasteiger partial charge in [0.05, 0.1) is 11.1 Å². The summed E-state index contributed by atoms with van der Waals surface area (Å²) in [7, 11) is 0. The standard InChI is InChI=1S/C13H9ClF3NO2S/c14-8-1-2-11(10(4-8)13(15,16)17)18-5-9-3-7(6-21-9)12(19)20/h1-4,6,18H,5H2,(H,19,20). The van der Waals surface area contributed by atoms with Gasteiger partial charge in [0.15, 0.2) is 0 Å². The van der Waals surface area contributed by atoms with Gasteiger partial charge in [0, 0.05) is 27.5 Å². The van der Waals surface area contributed by atoms with Crippen LogP contribution in [0, 0.1) is 0 Å². The fraction of sp³-hybridized carbons (Fsp3) is 0.154. The molecule has 1 heterocycles. The Balaban J connectivity index is 2.18. The average molecular weight is 336 g/mol. The summed E-state index contributed by atoms with van der Waals surface area (Å²) in [4.78, 5) is 11.4. The van der Waals surface area contributed by atoms with Crippen molar-refractivity contribution in [3.8, 4) is 0 Å². The van der Waals surface area contributed by atoms with Crippen LogP contribution in [0.1, 0.15) is 20.8 Å². The first-order chi connectivity index (χ1) is 9.77. The molecule has 2 aromatic rings.